The third-order valence-corrected chi connectivity index (χ3v) is 5.96. The van der Waals surface area contributed by atoms with Gasteiger partial charge in [0, 0.05) is 48.1 Å². The van der Waals surface area contributed by atoms with E-state index in [-0.39, 0.29) is 0 Å². The van der Waals surface area contributed by atoms with Gasteiger partial charge in [-0.25, -0.2) is 0 Å². The second-order valence-corrected chi connectivity index (χ2v) is 7.77. The van der Waals surface area contributed by atoms with E-state index in [0.717, 1.165) is 37.3 Å². The minimum Gasteiger partial charge on any atom is -0.370 e. The quantitative estimate of drug-likeness (QED) is 0.417. The molecular formula is C21H23Cl2N5. The maximum atomic E-state index is 6.14. The molecule has 1 heterocycles. The van der Waals surface area contributed by atoms with E-state index in [9.17, 15) is 0 Å². The summed E-state index contributed by atoms with van der Waals surface area (Å²) in [6, 6.07) is 12.1. The SMILES string of the molecule is CN=C(N)NCCn1c2c(c3cc(Nc4ccc(Cl)c(Cl)c4)ccc31)CCC2. The highest BCUT2D eigenvalue weighted by Gasteiger charge is 2.21. The van der Waals surface area contributed by atoms with Crippen LogP contribution in [0.5, 0.6) is 0 Å². The van der Waals surface area contributed by atoms with Gasteiger partial charge in [0.15, 0.2) is 5.96 Å². The molecule has 0 fully saturated rings. The molecule has 28 heavy (non-hydrogen) atoms. The van der Waals surface area contributed by atoms with Crippen LogP contribution in [0, 0.1) is 0 Å². The van der Waals surface area contributed by atoms with E-state index < -0.39 is 0 Å². The van der Waals surface area contributed by atoms with Crippen molar-refractivity contribution in [2.45, 2.75) is 25.8 Å². The number of rotatable bonds is 5. The number of guanidine groups is 1. The Bertz CT molecular complexity index is 1050. The number of anilines is 2. The van der Waals surface area contributed by atoms with Crippen LogP contribution in [0.25, 0.3) is 10.9 Å². The molecule has 0 saturated heterocycles. The Morgan fingerprint density at radius 2 is 1.89 bits per heavy atom. The van der Waals surface area contributed by atoms with E-state index >= 15 is 0 Å². The number of nitrogens with zero attached hydrogens (tertiary/aromatic N) is 2. The molecule has 2 aromatic carbocycles. The summed E-state index contributed by atoms with van der Waals surface area (Å²) in [4.78, 5) is 3.95. The van der Waals surface area contributed by atoms with Gasteiger partial charge in [0.1, 0.15) is 0 Å². The molecule has 0 atom stereocenters. The standard InChI is InChI=1S/C21H23Cl2N5/c1-25-21(24)26-9-10-28-19-4-2-3-15(19)16-11-13(6-8-20(16)28)27-14-5-7-17(22)18(23)12-14/h5-8,11-12,27H,2-4,9-10H2,1H3,(H3,24,25,26). The van der Waals surface area contributed by atoms with Gasteiger partial charge in [-0.3, -0.25) is 4.99 Å². The summed E-state index contributed by atoms with van der Waals surface area (Å²) >= 11 is 12.2. The number of nitrogens with one attached hydrogen (secondary N) is 2. The third kappa shape index (κ3) is 3.64. The molecule has 0 amide bonds. The zero-order chi connectivity index (χ0) is 19.7. The summed E-state index contributed by atoms with van der Waals surface area (Å²) in [5, 5.41) is 9.00. The minimum absolute atomic E-state index is 0.473. The van der Waals surface area contributed by atoms with Crippen LogP contribution in [-0.4, -0.2) is 24.1 Å². The summed E-state index contributed by atoms with van der Waals surface area (Å²) in [5.41, 5.74) is 11.9. The van der Waals surface area contributed by atoms with E-state index in [1.54, 1.807) is 13.1 Å². The fourth-order valence-corrected chi connectivity index (χ4v) is 4.22. The van der Waals surface area contributed by atoms with Crippen molar-refractivity contribution in [3.05, 3.63) is 57.7 Å². The zero-order valence-corrected chi connectivity index (χ0v) is 17.2. The van der Waals surface area contributed by atoms with Gasteiger partial charge in [-0.2, -0.15) is 0 Å². The molecule has 146 valence electrons. The predicted molar refractivity (Wildman–Crippen MR) is 119 cm³/mol. The molecule has 0 aliphatic heterocycles. The number of nitrogens with two attached hydrogens (primary N) is 1. The number of aliphatic imine (C=N–C) groups is 1. The average Bonchev–Trinajstić information content (AvgIpc) is 3.27. The van der Waals surface area contributed by atoms with Gasteiger partial charge in [0.2, 0.25) is 0 Å². The predicted octanol–water partition coefficient (Wildman–Crippen LogP) is 4.71. The highest BCUT2D eigenvalue weighted by Crippen LogP contribution is 2.35. The van der Waals surface area contributed by atoms with E-state index in [4.69, 9.17) is 28.9 Å². The minimum atomic E-state index is 0.473. The van der Waals surface area contributed by atoms with E-state index in [2.05, 4.69) is 38.4 Å². The van der Waals surface area contributed by atoms with Gasteiger partial charge in [-0.1, -0.05) is 23.2 Å². The van der Waals surface area contributed by atoms with Crippen molar-refractivity contribution in [1.29, 1.82) is 0 Å². The highest BCUT2D eigenvalue weighted by atomic mass is 35.5. The number of benzene rings is 2. The zero-order valence-electron chi connectivity index (χ0n) is 15.7. The topological polar surface area (TPSA) is 67.4 Å². The van der Waals surface area contributed by atoms with Crippen LogP contribution in [0.3, 0.4) is 0 Å². The molecule has 0 bridgehead atoms. The van der Waals surface area contributed by atoms with E-state index in [1.807, 2.05) is 12.1 Å². The van der Waals surface area contributed by atoms with Crippen molar-refractivity contribution >= 4 is 51.4 Å². The smallest absolute Gasteiger partial charge is 0.188 e. The van der Waals surface area contributed by atoms with Crippen molar-refractivity contribution < 1.29 is 0 Å². The highest BCUT2D eigenvalue weighted by molar-refractivity contribution is 6.42. The lowest BCUT2D eigenvalue weighted by Gasteiger charge is -2.12. The first-order chi connectivity index (χ1) is 13.6. The first kappa shape index (κ1) is 19.0. The monoisotopic (exact) mass is 415 g/mol. The van der Waals surface area contributed by atoms with Crippen LogP contribution >= 0.6 is 23.2 Å². The Kier molecular flexibility index (Phi) is 5.38. The summed E-state index contributed by atoms with van der Waals surface area (Å²) in [5.74, 6) is 0.473. The molecule has 5 nitrogen and oxygen atoms in total. The van der Waals surface area contributed by atoms with Gasteiger partial charge in [-0.05, 0) is 61.2 Å². The van der Waals surface area contributed by atoms with Gasteiger partial charge < -0.3 is 20.9 Å². The second-order valence-electron chi connectivity index (χ2n) is 6.95. The van der Waals surface area contributed by atoms with Gasteiger partial charge in [0.25, 0.3) is 0 Å². The molecule has 3 aromatic rings. The van der Waals surface area contributed by atoms with Gasteiger partial charge in [-0.15, -0.1) is 0 Å². The molecule has 0 unspecified atom stereocenters. The molecule has 1 aliphatic rings. The molecule has 0 radical (unpaired) electrons. The lowest BCUT2D eigenvalue weighted by Crippen LogP contribution is -2.33. The first-order valence-corrected chi connectivity index (χ1v) is 10.1. The number of hydrogen-bond acceptors (Lipinski definition) is 2. The molecule has 0 saturated carbocycles. The van der Waals surface area contributed by atoms with Crippen LogP contribution in [0.4, 0.5) is 11.4 Å². The number of hydrogen-bond donors (Lipinski definition) is 3. The van der Waals surface area contributed by atoms with E-state index in [1.165, 1.54) is 28.6 Å². The summed E-state index contributed by atoms with van der Waals surface area (Å²) < 4.78 is 2.41. The maximum absolute atomic E-state index is 6.14. The van der Waals surface area contributed by atoms with Crippen molar-refractivity contribution in [1.82, 2.24) is 9.88 Å². The Balaban J connectivity index is 1.63. The van der Waals surface area contributed by atoms with Crippen LogP contribution in [0.15, 0.2) is 41.4 Å². The number of fused-ring (bicyclic) bond motifs is 3. The molecule has 4 rings (SSSR count). The lowest BCUT2D eigenvalue weighted by atomic mass is 10.1. The van der Waals surface area contributed by atoms with E-state index in [0.29, 0.717) is 16.0 Å². The number of aryl methyl sites for hydroxylation is 1. The molecule has 7 heteroatoms. The fourth-order valence-electron chi connectivity index (χ4n) is 3.92. The van der Waals surface area contributed by atoms with Crippen molar-refractivity contribution in [2.24, 2.45) is 10.7 Å². The van der Waals surface area contributed by atoms with Crippen molar-refractivity contribution in [2.75, 3.05) is 18.9 Å². The number of halogens is 2. The molecule has 1 aromatic heterocycles. The average molecular weight is 416 g/mol. The van der Waals surface area contributed by atoms with Crippen LogP contribution in [0.2, 0.25) is 10.0 Å². The second kappa shape index (κ2) is 7.94. The van der Waals surface area contributed by atoms with Crippen LogP contribution < -0.4 is 16.4 Å². The molecule has 4 N–H and O–H groups in total. The van der Waals surface area contributed by atoms with Gasteiger partial charge >= 0.3 is 0 Å². The summed E-state index contributed by atoms with van der Waals surface area (Å²) in [6.45, 7) is 1.62. The summed E-state index contributed by atoms with van der Waals surface area (Å²) in [7, 11) is 1.69. The molecule has 1 aliphatic carbocycles. The number of aromatic nitrogens is 1. The van der Waals surface area contributed by atoms with Crippen molar-refractivity contribution in [3.8, 4) is 0 Å². The molecule has 0 spiro atoms. The summed E-state index contributed by atoms with van der Waals surface area (Å²) in [6.07, 6.45) is 3.45. The molecular weight excluding hydrogens is 393 g/mol. The Hall–Kier alpha value is -2.37. The normalized spacial score (nSPS) is 13.8. The van der Waals surface area contributed by atoms with Crippen molar-refractivity contribution in [3.63, 3.8) is 0 Å². The Labute approximate surface area is 174 Å². The van der Waals surface area contributed by atoms with Gasteiger partial charge in [0.05, 0.1) is 10.0 Å². The lowest BCUT2D eigenvalue weighted by molar-refractivity contribution is 0.664. The maximum Gasteiger partial charge on any atom is 0.188 e. The Morgan fingerprint density at radius 1 is 1.11 bits per heavy atom. The third-order valence-electron chi connectivity index (χ3n) is 5.22. The largest absolute Gasteiger partial charge is 0.370 e. The first-order valence-electron chi connectivity index (χ1n) is 9.39. The fraction of sp³-hybridized carbons (Fsp3) is 0.286. The van der Waals surface area contributed by atoms with Crippen LogP contribution in [-0.2, 0) is 19.4 Å². The van der Waals surface area contributed by atoms with Crippen LogP contribution in [0.1, 0.15) is 17.7 Å². The Morgan fingerprint density at radius 3 is 2.68 bits per heavy atom.